The second kappa shape index (κ2) is 5.73. The Labute approximate surface area is 107 Å². The molecular formula is C13H18N2O3. The van der Waals surface area contributed by atoms with Crippen LogP contribution in [-0.2, 0) is 4.79 Å². The van der Waals surface area contributed by atoms with Crippen LogP contribution < -0.4 is 19.7 Å². The number of nitrogens with zero attached hydrogens (tertiary/aromatic N) is 1. The Bertz CT molecular complexity index is 434. The molecule has 0 aliphatic carbocycles. The fourth-order valence-electron chi connectivity index (χ4n) is 1.74. The number of amides is 1. The second-order valence-electron chi connectivity index (χ2n) is 4.06. The van der Waals surface area contributed by atoms with E-state index in [-0.39, 0.29) is 5.91 Å². The van der Waals surface area contributed by atoms with Crippen LogP contribution in [0.2, 0.25) is 0 Å². The van der Waals surface area contributed by atoms with Crippen LogP contribution in [0.15, 0.2) is 18.2 Å². The maximum absolute atomic E-state index is 11.9. The molecular weight excluding hydrogens is 232 g/mol. The molecule has 1 aliphatic heterocycles. The first-order chi connectivity index (χ1) is 8.72. The summed E-state index contributed by atoms with van der Waals surface area (Å²) in [5.41, 5.74) is 0.808. The molecule has 1 aromatic rings. The summed E-state index contributed by atoms with van der Waals surface area (Å²) in [6.07, 6.45) is 0. The average molecular weight is 250 g/mol. The molecule has 1 amide bonds. The standard InChI is InChI=1S/C13H18N2O3/c1-3-14-9-13(16)15(2)10-4-5-11-12(8-10)18-7-6-17-11/h4-5,8,14H,3,6-7,9H2,1-2H3. The highest BCUT2D eigenvalue weighted by molar-refractivity contribution is 5.94. The van der Waals surface area contributed by atoms with Gasteiger partial charge in [-0.25, -0.2) is 0 Å². The SMILES string of the molecule is CCNCC(=O)N(C)c1ccc2c(c1)OCCO2. The minimum Gasteiger partial charge on any atom is -0.486 e. The van der Waals surface area contributed by atoms with E-state index in [4.69, 9.17) is 9.47 Å². The fraction of sp³-hybridized carbons (Fsp3) is 0.462. The summed E-state index contributed by atoms with van der Waals surface area (Å²) in [4.78, 5) is 13.5. The molecule has 2 rings (SSSR count). The van der Waals surface area contributed by atoms with E-state index in [0.29, 0.717) is 25.5 Å². The van der Waals surface area contributed by atoms with Gasteiger partial charge in [0.2, 0.25) is 5.91 Å². The lowest BCUT2D eigenvalue weighted by atomic mass is 10.2. The monoisotopic (exact) mass is 250 g/mol. The van der Waals surface area contributed by atoms with Gasteiger partial charge >= 0.3 is 0 Å². The van der Waals surface area contributed by atoms with Gasteiger partial charge in [-0.3, -0.25) is 4.79 Å². The summed E-state index contributed by atoms with van der Waals surface area (Å²) in [6.45, 7) is 4.20. The van der Waals surface area contributed by atoms with E-state index in [1.807, 2.05) is 25.1 Å². The van der Waals surface area contributed by atoms with E-state index in [9.17, 15) is 4.79 Å². The van der Waals surface area contributed by atoms with E-state index in [1.165, 1.54) is 0 Å². The van der Waals surface area contributed by atoms with Gasteiger partial charge in [0, 0.05) is 18.8 Å². The third kappa shape index (κ3) is 2.73. The highest BCUT2D eigenvalue weighted by Crippen LogP contribution is 2.33. The van der Waals surface area contributed by atoms with Crippen molar-refractivity contribution in [1.82, 2.24) is 5.32 Å². The van der Waals surface area contributed by atoms with Crippen molar-refractivity contribution < 1.29 is 14.3 Å². The molecule has 1 N–H and O–H groups in total. The predicted molar refractivity (Wildman–Crippen MR) is 69.4 cm³/mol. The van der Waals surface area contributed by atoms with Crippen molar-refractivity contribution in [3.8, 4) is 11.5 Å². The maximum atomic E-state index is 11.9. The molecule has 0 aromatic heterocycles. The van der Waals surface area contributed by atoms with Crippen LogP contribution in [0.4, 0.5) is 5.69 Å². The van der Waals surface area contributed by atoms with Gasteiger partial charge in [-0.05, 0) is 18.7 Å². The highest BCUT2D eigenvalue weighted by atomic mass is 16.6. The number of benzene rings is 1. The Kier molecular flexibility index (Phi) is 4.04. The zero-order valence-electron chi connectivity index (χ0n) is 10.7. The molecule has 1 aliphatic rings. The minimum atomic E-state index is 0.0218. The number of carbonyl (C=O) groups excluding carboxylic acids is 1. The van der Waals surface area contributed by atoms with E-state index in [2.05, 4.69) is 5.32 Å². The highest BCUT2D eigenvalue weighted by Gasteiger charge is 2.15. The first-order valence-corrected chi connectivity index (χ1v) is 6.09. The lowest BCUT2D eigenvalue weighted by molar-refractivity contribution is -0.117. The topological polar surface area (TPSA) is 50.8 Å². The first-order valence-electron chi connectivity index (χ1n) is 6.09. The number of carbonyl (C=O) groups is 1. The van der Waals surface area contributed by atoms with Crippen LogP contribution in [0.5, 0.6) is 11.5 Å². The van der Waals surface area contributed by atoms with Crippen molar-refractivity contribution in [3.05, 3.63) is 18.2 Å². The van der Waals surface area contributed by atoms with Crippen LogP contribution >= 0.6 is 0 Å². The van der Waals surface area contributed by atoms with Crippen LogP contribution in [-0.4, -0.2) is 39.3 Å². The summed E-state index contributed by atoms with van der Waals surface area (Å²) < 4.78 is 10.9. The van der Waals surface area contributed by atoms with E-state index < -0.39 is 0 Å². The van der Waals surface area contributed by atoms with Crippen LogP contribution in [0.25, 0.3) is 0 Å². The number of nitrogens with one attached hydrogen (secondary N) is 1. The molecule has 0 saturated carbocycles. The quantitative estimate of drug-likeness (QED) is 0.867. The van der Waals surface area contributed by atoms with Gasteiger partial charge in [-0.2, -0.15) is 0 Å². The molecule has 5 heteroatoms. The molecule has 0 fully saturated rings. The Balaban J connectivity index is 2.10. The van der Waals surface area contributed by atoms with Gasteiger partial charge in [0.15, 0.2) is 11.5 Å². The molecule has 0 spiro atoms. The lowest BCUT2D eigenvalue weighted by Crippen LogP contribution is -2.35. The van der Waals surface area contributed by atoms with E-state index in [1.54, 1.807) is 11.9 Å². The summed E-state index contributed by atoms with van der Waals surface area (Å²) in [5, 5.41) is 3.01. The van der Waals surface area contributed by atoms with Crippen molar-refractivity contribution in [3.63, 3.8) is 0 Å². The summed E-state index contributed by atoms with van der Waals surface area (Å²) in [5.74, 6) is 1.45. The van der Waals surface area contributed by atoms with Gasteiger partial charge < -0.3 is 19.7 Å². The van der Waals surface area contributed by atoms with E-state index in [0.717, 1.165) is 18.0 Å². The first kappa shape index (κ1) is 12.7. The molecule has 0 bridgehead atoms. The Morgan fingerprint density at radius 1 is 1.33 bits per heavy atom. The van der Waals surface area contributed by atoms with Crippen LogP contribution in [0.1, 0.15) is 6.92 Å². The number of fused-ring (bicyclic) bond motifs is 1. The Morgan fingerprint density at radius 3 is 2.78 bits per heavy atom. The molecule has 98 valence electrons. The molecule has 0 unspecified atom stereocenters. The van der Waals surface area contributed by atoms with Crippen molar-refractivity contribution in [2.45, 2.75) is 6.92 Å². The third-order valence-electron chi connectivity index (χ3n) is 2.81. The smallest absolute Gasteiger partial charge is 0.240 e. The number of rotatable bonds is 4. The van der Waals surface area contributed by atoms with Crippen molar-refractivity contribution in [1.29, 1.82) is 0 Å². The van der Waals surface area contributed by atoms with Gasteiger partial charge in [0.25, 0.3) is 0 Å². The average Bonchev–Trinajstić information content (AvgIpc) is 2.43. The number of hydrogen-bond acceptors (Lipinski definition) is 4. The second-order valence-corrected chi connectivity index (χ2v) is 4.06. The Hall–Kier alpha value is -1.75. The Morgan fingerprint density at radius 2 is 2.06 bits per heavy atom. The summed E-state index contributed by atoms with van der Waals surface area (Å²) in [6, 6.07) is 5.52. The third-order valence-corrected chi connectivity index (χ3v) is 2.81. The molecule has 1 aromatic carbocycles. The number of hydrogen-bond donors (Lipinski definition) is 1. The molecule has 0 atom stereocenters. The van der Waals surface area contributed by atoms with E-state index >= 15 is 0 Å². The van der Waals surface area contributed by atoms with Crippen molar-refractivity contribution in [2.75, 3.05) is 38.3 Å². The van der Waals surface area contributed by atoms with Gasteiger partial charge in [0.05, 0.1) is 6.54 Å². The molecule has 5 nitrogen and oxygen atoms in total. The fourth-order valence-corrected chi connectivity index (χ4v) is 1.74. The number of ether oxygens (including phenoxy) is 2. The van der Waals surface area contributed by atoms with Crippen molar-refractivity contribution in [2.24, 2.45) is 0 Å². The lowest BCUT2D eigenvalue weighted by Gasteiger charge is -2.22. The van der Waals surface area contributed by atoms with Gasteiger partial charge in [0.1, 0.15) is 13.2 Å². The largest absolute Gasteiger partial charge is 0.486 e. The zero-order valence-corrected chi connectivity index (χ0v) is 10.7. The van der Waals surface area contributed by atoms with Crippen molar-refractivity contribution >= 4 is 11.6 Å². The molecule has 0 radical (unpaired) electrons. The predicted octanol–water partition coefficient (Wildman–Crippen LogP) is 1.03. The van der Waals surface area contributed by atoms with Crippen LogP contribution in [0.3, 0.4) is 0 Å². The summed E-state index contributed by atoms with van der Waals surface area (Å²) in [7, 11) is 1.76. The summed E-state index contributed by atoms with van der Waals surface area (Å²) >= 11 is 0. The normalized spacial score (nSPS) is 13.2. The van der Waals surface area contributed by atoms with Crippen LogP contribution in [0, 0.1) is 0 Å². The maximum Gasteiger partial charge on any atom is 0.240 e. The molecule has 1 heterocycles. The van der Waals surface area contributed by atoms with Gasteiger partial charge in [-0.15, -0.1) is 0 Å². The minimum absolute atomic E-state index is 0.0218. The number of likely N-dealkylation sites (N-methyl/N-ethyl adjacent to an activating group) is 2. The molecule has 0 saturated heterocycles. The number of anilines is 1. The zero-order chi connectivity index (χ0) is 13.0. The molecule has 18 heavy (non-hydrogen) atoms. The van der Waals surface area contributed by atoms with Gasteiger partial charge in [-0.1, -0.05) is 6.92 Å².